The zero-order chi connectivity index (χ0) is 12.6. The maximum atomic E-state index is 12.0. The molecule has 1 amide bonds. The third-order valence-electron chi connectivity index (χ3n) is 4.00. The number of carbonyl (C=O) groups is 1. The van der Waals surface area contributed by atoms with Gasteiger partial charge < -0.3 is 9.80 Å². The molecule has 0 unspecified atom stereocenters. The van der Waals surface area contributed by atoms with Crippen LogP contribution in [0.5, 0.6) is 0 Å². The highest BCUT2D eigenvalue weighted by atomic mass is 32.2. The first-order valence-electron chi connectivity index (χ1n) is 6.66. The van der Waals surface area contributed by atoms with Crippen LogP contribution in [0, 0.1) is 0 Å². The Morgan fingerprint density at radius 3 is 2.18 bits per heavy atom. The van der Waals surface area contributed by atoms with Crippen LogP contribution in [0.15, 0.2) is 0 Å². The zero-order valence-electron chi connectivity index (χ0n) is 11.4. The Labute approximate surface area is 109 Å². The SMILES string of the molecule is CC(C)N1CCC2(CC1)SCC(=O)N2C(C)C. The van der Waals surface area contributed by atoms with Gasteiger partial charge in [0.25, 0.3) is 0 Å². The molecule has 0 N–H and O–H groups in total. The lowest BCUT2D eigenvalue weighted by Gasteiger charge is -2.46. The van der Waals surface area contributed by atoms with Crippen LogP contribution in [0.2, 0.25) is 0 Å². The van der Waals surface area contributed by atoms with Gasteiger partial charge in [0.05, 0.1) is 10.6 Å². The lowest BCUT2D eigenvalue weighted by Crippen LogP contribution is -2.55. The number of piperidine rings is 1. The van der Waals surface area contributed by atoms with Crippen LogP contribution in [-0.2, 0) is 4.79 Å². The number of rotatable bonds is 2. The number of likely N-dealkylation sites (tertiary alicyclic amines) is 1. The number of carbonyl (C=O) groups excluding carboxylic acids is 1. The number of nitrogens with zero attached hydrogens (tertiary/aromatic N) is 2. The second-order valence-electron chi connectivity index (χ2n) is 5.72. The maximum Gasteiger partial charge on any atom is 0.234 e. The molecule has 0 aliphatic carbocycles. The second-order valence-corrected chi connectivity index (χ2v) is 7.06. The Morgan fingerprint density at radius 2 is 1.71 bits per heavy atom. The molecule has 17 heavy (non-hydrogen) atoms. The minimum Gasteiger partial charge on any atom is -0.325 e. The minimum absolute atomic E-state index is 0.108. The Balaban J connectivity index is 2.08. The van der Waals surface area contributed by atoms with Gasteiger partial charge in [-0.3, -0.25) is 4.79 Å². The van der Waals surface area contributed by atoms with Gasteiger partial charge in [0.1, 0.15) is 0 Å². The average molecular weight is 256 g/mol. The molecule has 2 heterocycles. The number of thioether (sulfide) groups is 1. The van der Waals surface area contributed by atoms with E-state index >= 15 is 0 Å². The molecule has 0 bridgehead atoms. The second kappa shape index (κ2) is 4.81. The van der Waals surface area contributed by atoms with E-state index in [1.54, 1.807) is 0 Å². The molecular weight excluding hydrogens is 232 g/mol. The fourth-order valence-corrected chi connectivity index (χ4v) is 4.55. The van der Waals surface area contributed by atoms with Gasteiger partial charge in [-0.25, -0.2) is 0 Å². The first-order chi connectivity index (χ1) is 7.96. The molecule has 2 fully saturated rings. The number of hydrogen-bond donors (Lipinski definition) is 0. The molecule has 4 heteroatoms. The van der Waals surface area contributed by atoms with Crippen molar-refractivity contribution < 1.29 is 4.79 Å². The topological polar surface area (TPSA) is 23.6 Å². The summed E-state index contributed by atoms with van der Waals surface area (Å²) in [5, 5.41) is 0. The van der Waals surface area contributed by atoms with Crippen molar-refractivity contribution in [2.75, 3.05) is 18.8 Å². The summed E-state index contributed by atoms with van der Waals surface area (Å²) in [7, 11) is 0. The molecule has 3 nitrogen and oxygen atoms in total. The van der Waals surface area contributed by atoms with Crippen LogP contribution >= 0.6 is 11.8 Å². The first-order valence-corrected chi connectivity index (χ1v) is 7.65. The van der Waals surface area contributed by atoms with Crippen molar-refractivity contribution in [1.29, 1.82) is 0 Å². The predicted octanol–water partition coefficient (Wildman–Crippen LogP) is 2.17. The maximum absolute atomic E-state index is 12.0. The first kappa shape index (κ1) is 13.2. The summed E-state index contributed by atoms with van der Waals surface area (Å²) >= 11 is 1.87. The van der Waals surface area contributed by atoms with E-state index in [4.69, 9.17) is 0 Å². The summed E-state index contributed by atoms with van der Waals surface area (Å²) in [5.74, 6) is 1.02. The minimum atomic E-state index is 0.108. The van der Waals surface area contributed by atoms with Gasteiger partial charge in [-0.15, -0.1) is 11.8 Å². The Kier molecular flexibility index (Phi) is 3.74. The van der Waals surface area contributed by atoms with Gasteiger partial charge in [-0.1, -0.05) is 0 Å². The molecule has 0 aromatic rings. The Bertz CT molecular complexity index is 296. The van der Waals surface area contributed by atoms with Crippen LogP contribution in [-0.4, -0.2) is 51.5 Å². The molecule has 0 aromatic carbocycles. The van der Waals surface area contributed by atoms with E-state index in [-0.39, 0.29) is 4.87 Å². The van der Waals surface area contributed by atoms with Gasteiger partial charge in [-0.05, 0) is 40.5 Å². The Hall–Kier alpha value is -0.220. The molecule has 2 aliphatic rings. The van der Waals surface area contributed by atoms with E-state index in [9.17, 15) is 4.79 Å². The number of amides is 1. The molecule has 0 aromatic heterocycles. The van der Waals surface area contributed by atoms with Crippen LogP contribution in [0.4, 0.5) is 0 Å². The molecule has 2 saturated heterocycles. The van der Waals surface area contributed by atoms with E-state index in [2.05, 4.69) is 37.5 Å². The lowest BCUT2D eigenvalue weighted by atomic mass is 9.99. The summed E-state index contributed by atoms with van der Waals surface area (Å²) in [4.78, 5) is 16.8. The van der Waals surface area contributed by atoms with Gasteiger partial charge in [0.2, 0.25) is 5.91 Å². The smallest absolute Gasteiger partial charge is 0.234 e. The van der Waals surface area contributed by atoms with Crippen molar-refractivity contribution in [2.24, 2.45) is 0 Å². The van der Waals surface area contributed by atoms with Crippen LogP contribution in [0.25, 0.3) is 0 Å². The highest BCUT2D eigenvalue weighted by Gasteiger charge is 2.48. The fourth-order valence-electron chi connectivity index (χ4n) is 3.10. The molecule has 98 valence electrons. The monoisotopic (exact) mass is 256 g/mol. The summed E-state index contributed by atoms with van der Waals surface area (Å²) in [6.45, 7) is 11.0. The third kappa shape index (κ3) is 2.34. The molecule has 0 radical (unpaired) electrons. The number of hydrogen-bond acceptors (Lipinski definition) is 3. The van der Waals surface area contributed by atoms with Crippen molar-refractivity contribution in [2.45, 2.75) is 57.5 Å². The standard InChI is InChI=1S/C13H24N2OS/c1-10(2)14-7-5-13(6-8-14)15(11(3)4)12(16)9-17-13/h10-11H,5-9H2,1-4H3. The molecule has 1 spiro atoms. The van der Waals surface area contributed by atoms with Crippen LogP contribution in [0.1, 0.15) is 40.5 Å². The van der Waals surface area contributed by atoms with E-state index < -0.39 is 0 Å². The van der Waals surface area contributed by atoms with Crippen molar-refractivity contribution >= 4 is 17.7 Å². The fraction of sp³-hybridized carbons (Fsp3) is 0.923. The van der Waals surface area contributed by atoms with Crippen molar-refractivity contribution in [3.8, 4) is 0 Å². The molecule has 2 aliphatic heterocycles. The molecule has 0 atom stereocenters. The Morgan fingerprint density at radius 1 is 1.12 bits per heavy atom. The van der Waals surface area contributed by atoms with E-state index in [0.717, 1.165) is 25.9 Å². The van der Waals surface area contributed by atoms with Gasteiger partial charge in [0.15, 0.2) is 0 Å². The van der Waals surface area contributed by atoms with Gasteiger partial charge in [-0.2, -0.15) is 0 Å². The van der Waals surface area contributed by atoms with Crippen molar-refractivity contribution in [3.05, 3.63) is 0 Å². The summed E-state index contributed by atoms with van der Waals surface area (Å²) in [5.41, 5.74) is 0. The summed E-state index contributed by atoms with van der Waals surface area (Å²) < 4.78 is 0. The molecule has 0 saturated carbocycles. The average Bonchev–Trinajstić information content (AvgIpc) is 2.56. The zero-order valence-corrected chi connectivity index (χ0v) is 12.2. The molecular formula is C13H24N2OS. The predicted molar refractivity (Wildman–Crippen MR) is 73.1 cm³/mol. The van der Waals surface area contributed by atoms with Crippen molar-refractivity contribution in [1.82, 2.24) is 9.80 Å². The lowest BCUT2D eigenvalue weighted by molar-refractivity contribution is -0.133. The van der Waals surface area contributed by atoms with E-state index in [1.807, 2.05) is 11.8 Å². The van der Waals surface area contributed by atoms with Crippen LogP contribution in [0.3, 0.4) is 0 Å². The van der Waals surface area contributed by atoms with E-state index in [0.29, 0.717) is 23.7 Å². The van der Waals surface area contributed by atoms with Crippen LogP contribution < -0.4 is 0 Å². The van der Waals surface area contributed by atoms with E-state index in [1.165, 1.54) is 0 Å². The van der Waals surface area contributed by atoms with Gasteiger partial charge in [0, 0.05) is 25.2 Å². The summed E-state index contributed by atoms with van der Waals surface area (Å²) in [6.07, 6.45) is 2.25. The highest BCUT2D eigenvalue weighted by molar-refractivity contribution is 8.01. The van der Waals surface area contributed by atoms with Gasteiger partial charge >= 0.3 is 0 Å². The largest absolute Gasteiger partial charge is 0.325 e. The van der Waals surface area contributed by atoms with Crippen molar-refractivity contribution in [3.63, 3.8) is 0 Å². The quantitative estimate of drug-likeness (QED) is 0.756. The normalized spacial score (nSPS) is 25.5. The molecule has 2 rings (SSSR count). The third-order valence-corrected chi connectivity index (χ3v) is 5.53. The summed E-state index contributed by atoms with van der Waals surface area (Å²) in [6, 6.07) is 0.963. The highest BCUT2D eigenvalue weighted by Crippen LogP contribution is 2.45.